The Morgan fingerprint density at radius 2 is 1.58 bits per heavy atom. The van der Waals surface area contributed by atoms with Crippen LogP contribution in [0, 0.1) is 6.92 Å². The summed E-state index contributed by atoms with van der Waals surface area (Å²) in [6.07, 6.45) is 0. The lowest BCUT2D eigenvalue weighted by molar-refractivity contribution is -0.644. The van der Waals surface area contributed by atoms with Crippen LogP contribution in [0.2, 0.25) is 0 Å². The normalized spacial score (nSPS) is 10.6. The predicted molar refractivity (Wildman–Crippen MR) is 81.1 cm³/mol. The molecular weight excluding hydrogens is 250 g/mol. The molecule has 0 N–H and O–H groups in total. The quantitative estimate of drug-likeness (QED) is 0.612. The number of nitrogens with zero attached hydrogens (tertiary/aromatic N) is 1. The molecule has 0 aliphatic heterocycles. The Morgan fingerprint density at radius 3 is 2.32 bits per heavy atom. The highest BCUT2D eigenvalue weighted by atomic mass is 32.1. The Balaban J connectivity index is 2.12. The highest BCUT2D eigenvalue weighted by Crippen LogP contribution is 2.28. The molecule has 0 aliphatic rings. The van der Waals surface area contributed by atoms with E-state index in [0.29, 0.717) is 0 Å². The van der Waals surface area contributed by atoms with Crippen LogP contribution in [-0.4, -0.2) is 0 Å². The average Bonchev–Trinajstić information content (AvgIpc) is 2.82. The zero-order valence-corrected chi connectivity index (χ0v) is 11.9. The largest absolute Gasteiger partial charge is 0.269 e. The number of hydrogen-bond acceptors (Lipinski definition) is 1. The van der Waals surface area contributed by atoms with Gasteiger partial charge in [-0.2, -0.15) is 4.57 Å². The number of aryl methyl sites for hydroxylation is 1. The molecule has 1 nitrogen and oxygen atoms in total. The summed E-state index contributed by atoms with van der Waals surface area (Å²) in [6, 6.07) is 19.1. The van der Waals surface area contributed by atoms with Crippen LogP contribution in [-0.2, 0) is 7.05 Å². The Labute approximate surface area is 117 Å². The van der Waals surface area contributed by atoms with Crippen molar-refractivity contribution in [1.82, 2.24) is 0 Å². The summed E-state index contributed by atoms with van der Waals surface area (Å²) in [6.45, 7) is 2.16. The van der Waals surface area contributed by atoms with Gasteiger partial charge in [0.1, 0.15) is 7.05 Å². The molecule has 2 heteroatoms. The Kier molecular flexibility index (Phi) is 3.18. The first-order valence-electron chi connectivity index (χ1n) is 6.36. The van der Waals surface area contributed by atoms with Gasteiger partial charge in [-0.1, -0.05) is 47.7 Å². The van der Waals surface area contributed by atoms with Gasteiger partial charge in [0.2, 0.25) is 5.69 Å². The van der Waals surface area contributed by atoms with Gasteiger partial charge in [0.15, 0.2) is 0 Å². The lowest BCUT2D eigenvalue weighted by atomic mass is 10.1. The summed E-state index contributed by atoms with van der Waals surface area (Å²) in [7, 11) is 2.14. The van der Waals surface area contributed by atoms with E-state index in [9.17, 15) is 0 Å². The van der Waals surface area contributed by atoms with E-state index in [-0.39, 0.29) is 0 Å². The second kappa shape index (κ2) is 4.98. The summed E-state index contributed by atoms with van der Waals surface area (Å²) >= 11 is 1.80. The van der Waals surface area contributed by atoms with Crippen molar-refractivity contribution in [2.24, 2.45) is 7.05 Å². The van der Waals surface area contributed by atoms with E-state index in [4.69, 9.17) is 0 Å². The second-order valence-corrected chi connectivity index (χ2v) is 5.52. The van der Waals surface area contributed by atoms with Crippen molar-refractivity contribution >= 4 is 11.3 Å². The van der Waals surface area contributed by atoms with Crippen molar-refractivity contribution in [3.05, 3.63) is 65.5 Å². The fourth-order valence-electron chi connectivity index (χ4n) is 2.33. The van der Waals surface area contributed by atoms with Gasteiger partial charge < -0.3 is 0 Å². The maximum atomic E-state index is 2.28. The Hall–Kier alpha value is -1.93. The SMILES string of the molecule is Cc1ccccc1-c1csc(-c2ccccc2)[n+]1C. The summed E-state index contributed by atoms with van der Waals surface area (Å²) in [5.41, 5.74) is 5.18. The lowest BCUT2D eigenvalue weighted by Gasteiger charge is -2.01. The molecule has 0 radical (unpaired) electrons. The smallest absolute Gasteiger partial charge is 0.184 e. The van der Waals surface area contributed by atoms with Crippen LogP contribution in [0.25, 0.3) is 21.8 Å². The van der Waals surface area contributed by atoms with E-state index in [1.54, 1.807) is 11.3 Å². The first-order valence-corrected chi connectivity index (χ1v) is 7.24. The molecule has 3 rings (SSSR count). The number of aromatic nitrogens is 1. The second-order valence-electron chi connectivity index (χ2n) is 4.67. The molecule has 1 aromatic heterocycles. The van der Waals surface area contributed by atoms with Crippen LogP contribution >= 0.6 is 11.3 Å². The maximum Gasteiger partial charge on any atom is 0.269 e. The lowest BCUT2D eigenvalue weighted by Crippen LogP contribution is -2.30. The van der Waals surface area contributed by atoms with Gasteiger partial charge in [-0.05, 0) is 30.7 Å². The van der Waals surface area contributed by atoms with E-state index in [1.807, 2.05) is 0 Å². The summed E-state index contributed by atoms with van der Waals surface area (Å²) < 4.78 is 2.28. The average molecular weight is 266 g/mol. The molecule has 0 unspecified atom stereocenters. The maximum absolute atomic E-state index is 2.28. The van der Waals surface area contributed by atoms with Gasteiger partial charge in [0, 0.05) is 5.56 Å². The van der Waals surface area contributed by atoms with Gasteiger partial charge in [0.05, 0.1) is 10.9 Å². The standard InChI is InChI=1S/C17H16NS/c1-13-8-6-7-11-15(13)16-12-19-17(18(16)2)14-9-4-3-5-10-14/h3-12H,1-2H3/q+1. The van der Waals surface area contributed by atoms with Crippen LogP contribution in [0.1, 0.15) is 5.56 Å². The molecule has 0 amide bonds. The third-order valence-electron chi connectivity index (χ3n) is 3.39. The number of benzene rings is 2. The highest BCUT2D eigenvalue weighted by molar-refractivity contribution is 7.13. The van der Waals surface area contributed by atoms with Crippen LogP contribution in [0.3, 0.4) is 0 Å². The minimum Gasteiger partial charge on any atom is -0.184 e. The monoisotopic (exact) mass is 266 g/mol. The number of hydrogen-bond donors (Lipinski definition) is 0. The van der Waals surface area contributed by atoms with Gasteiger partial charge in [-0.3, -0.25) is 0 Å². The third kappa shape index (κ3) is 2.20. The fraction of sp³-hybridized carbons (Fsp3) is 0.118. The molecule has 2 aromatic carbocycles. The van der Waals surface area contributed by atoms with Crippen molar-refractivity contribution < 1.29 is 4.57 Å². The van der Waals surface area contributed by atoms with Gasteiger partial charge in [-0.25, -0.2) is 0 Å². The van der Waals surface area contributed by atoms with Gasteiger partial charge in [-0.15, -0.1) is 0 Å². The summed E-state index contributed by atoms with van der Waals surface area (Å²) in [4.78, 5) is 0. The molecule has 1 heterocycles. The van der Waals surface area contributed by atoms with Crippen LogP contribution < -0.4 is 4.57 Å². The van der Waals surface area contributed by atoms with Crippen molar-refractivity contribution in [3.8, 4) is 21.8 Å². The summed E-state index contributed by atoms with van der Waals surface area (Å²) in [5, 5.41) is 3.53. The molecule has 0 saturated heterocycles. The minimum absolute atomic E-state index is 1.27. The summed E-state index contributed by atoms with van der Waals surface area (Å²) in [5.74, 6) is 0. The molecule has 0 fully saturated rings. The van der Waals surface area contributed by atoms with E-state index in [1.165, 1.54) is 27.4 Å². The molecule has 19 heavy (non-hydrogen) atoms. The molecule has 0 atom stereocenters. The highest BCUT2D eigenvalue weighted by Gasteiger charge is 2.20. The van der Waals surface area contributed by atoms with Crippen molar-refractivity contribution in [2.45, 2.75) is 6.92 Å². The molecule has 94 valence electrons. The Bertz CT molecular complexity index is 698. The van der Waals surface area contributed by atoms with Gasteiger partial charge >= 0.3 is 0 Å². The minimum atomic E-state index is 1.27. The zero-order chi connectivity index (χ0) is 13.2. The molecule has 0 bridgehead atoms. The first-order chi connectivity index (χ1) is 9.27. The van der Waals surface area contributed by atoms with Crippen molar-refractivity contribution in [2.75, 3.05) is 0 Å². The van der Waals surface area contributed by atoms with Crippen LogP contribution in [0.15, 0.2) is 60.0 Å². The zero-order valence-electron chi connectivity index (χ0n) is 11.1. The van der Waals surface area contributed by atoms with Crippen molar-refractivity contribution in [3.63, 3.8) is 0 Å². The number of rotatable bonds is 2. The molecule has 0 saturated carbocycles. The van der Waals surface area contributed by atoms with Gasteiger partial charge in [0.25, 0.3) is 5.01 Å². The first kappa shape index (κ1) is 12.1. The molecule has 3 aromatic rings. The predicted octanol–water partition coefficient (Wildman–Crippen LogP) is 4.22. The molecular formula is C17H16NS+. The Morgan fingerprint density at radius 1 is 0.895 bits per heavy atom. The molecule has 0 aliphatic carbocycles. The third-order valence-corrected chi connectivity index (χ3v) is 4.46. The van der Waals surface area contributed by atoms with Crippen molar-refractivity contribution in [1.29, 1.82) is 0 Å². The fourth-order valence-corrected chi connectivity index (χ4v) is 3.36. The van der Waals surface area contributed by atoms with E-state index in [0.717, 1.165) is 0 Å². The molecule has 0 spiro atoms. The number of thiazole rings is 1. The van der Waals surface area contributed by atoms with Crippen LogP contribution in [0.5, 0.6) is 0 Å². The van der Waals surface area contributed by atoms with E-state index < -0.39 is 0 Å². The topological polar surface area (TPSA) is 3.88 Å². The van der Waals surface area contributed by atoms with Crippen LogP contribution in [0.4, 0.5) is 0 Å². The van der Waals surface area contributed by atoms with E-state index >= 15 is 0 Å². The van der Waals surface area contributed by atoms with E-state index in [2.05, 4.69) is 78.5 Å².